The minimum atomic E-state index is -1.26. The number of aliphatic hydroxyl groups is 2. The quantitative estimate of drug-likeness (QED) is 0.366. The fraction of sp³-hybridized carbons (Fsp3) is 0.200. The van der Waals surface area contributed by atoms with E-state index in [1.54, 1.807) is 61.8 Å². The minimum absolute atomic E-state index is 0. The first-order valence-electron chi connectivity index (χ1n) is 9.66. The topological polar surface area (TPSA) is 116 Å². The molecule has 0 amide bonds. The van der Waals surface area contributed by atoms with Crippen LogP contribution in [-0.4, -0.2) is 32.8 Å². The Balaban J connectivity index is 0.000000224. The van der Waals surface area contributed by atoms with Gasteiger partial charge in [0.25, 0.3) is 0 Å². The maximum absolute atomic E-state index is 11.5. The number of pyridine rings is 2. The summed E-state index contributed by atoms with van der Waals surface area (Å²) >= 11 is 0. The summed E-state index contributed by atoms with van der Waals surface area (Å²) in [5, 5.41) is 29.6. The van der Waals surface area contributed by atoms with Crippen molar-refractivity contribution in [2.24, 2.45) is 0 Å². The maximum atomic E-state index is 11.5. The van der Waals surface area contributed by atoms with Crippen LogP contribution in [0.25, 0.3) is 21.8 Å². The molecule has 4 rings (SSSR count). The summed E-state index contributed by atoms with van der Waals surface area (Å²) in [4.78, 5) is 19.8. The van der Waals surface area contributed by atoms with Crippen LogP contribution in [0.2, 0.25) is 0 Å². The number of nitriles is 1. The lowest BCUT2D eigenvalue weighted by Gasteiger charge is -2.11. The standard InChI is InChI=1S/C13H13NO3.C11H8N2O.CH4/c1-2-17-13(16)12(15)10-5-3-7-11-9(10)6-4-8-14-11;12-7-11(14)9-3-1-5-10-8(9)4-2-6-13-10;/h3-8,12,15H,2H2,1H3;1-6,11,14H;1H4. The first kappa shape index (κ1) is 24.4. The SMILES string of the molecule is C.CCOC(=O)C(O)c1cccc2ncccc12.N#CC(O)c1cccc2ncccc12. The Labute approximate surface area is 186 Å². The monoisotopic (exact) mass is 431 g/mol. The molecule has 2 atom stereocenters. The third kappa shape index (κ3) is 5.43. The summed E-state index contributed by atoms with van der Waals surface area (Å²) in [6, 6.07) is 19.7. The molecule has 0 radical (unpaired) electrons. The molecule has 2 heterocycles. The van der Waals surface area contributed by atoms with E-state index >= 15 is 0 Å². The highest BCUT2D eigenvalue weighted by atomic mass is 16.5. The first-order valence-corrected chi connectivity index (χ1v) is 9.66. The molecule has 0 aliphatic rings. The van der Waals surface area contributed by atoms with Gasteiger partial charge in [0.15, 0.2) is 12.2 Å². The summed E-state index contributed by atoms with van der Waals surface area (Å²) in [5.41, 5.74) is 2.67. The van der Waals surface area contributed by atoms with E-state index < -0.39 is 18.2 Å². The number of benzene rings is 2. The number of esters is 1. The number of fused-ring (bicyclic) bond motifs is 2. The number of carbonyl (C=O) groups excluding carboxylic acids is 1. The van der Waals surface area contributed by atoms with Gasteiger partial charge in [-0.25, -0.2) is 4.79 Å². The van der Waals surface area contributed by atoms with Crippen LogP contribution in [0.5, 0.6) is 0 Å². The van der Waals surface area contributed by atoms with Crippen LogP contribution >= 0.6 is 0 Å². The highest BCUT2D eigenvalue weighted by Crippen LogP contribution is 2.24. The number of aromatic nitrogens is 2. The van der Waals surface area contributed by atoms with E-state index in [2.05, 4.69) is 9.97 Å². The molecule has 7 heteroatoms. The molecule has 2 N–H and O–H groups in total. The Kier molecular flexibility index (Phi) is 8.78. The third-order valence-corrected chi connectivity index (χ3v) is 4.58. The fourth-order valence-corrected chi connectivity index (χ4v) is 3.15. The second-order valence-electron chi connectivity index (χ2n) is 6.52. The van der Waals surface area contributed by atoms with Gasteiger partial charge >= 0.3 is 5.97 Å². The maximum Gasteiger partial charge on any atom is 0.339 e. The number of aliphatic hydroxyl groups excluding tert-OH is 2. The molecule has 2 aromatic carbocycles. The predicted octanol–water partition coefficient (Wildman–Crippen LogP) is 4.26. The van der Waals surface area contributed by atoms with Gasteiger partial charge in [-0.1, -0.05) is 43.8 Å². The summed E-state index contributed by atoms with van der Waals surface area (Å²) in [7, 11) is 0. The lowest BCUT2D eigenvalue weighted by Crippen LogP contribution is -2.15. The molecule has 0 saturated carbocycles. The van der Waals surface area contributed by atoms with Crippen molar-refractivity contribution in [1.29, 1.82) is 5.26 Å². The largest absolute Gasteiger partial charge is 0.464 e. The van der Waals surface area contributed by atoms with Gasteiger partial charge < -0.3 is 14.9 Å². The van der Waals surface area contributed by atoms with E-state index in [0.717, 1.165) is 21.8 Å². The number of rotatable bonds is 4. The van der Waals surface area contributed by atoms with Crippen LogP contribution in [0.4, 0.5) is 0 Å². The third-order valence-electron chi connectivity index (χ3n) is 4.58. The fourth-order valence-electron chi connectivity index (χ4n) is 3.15. The molecule has 0 spiro atoms. The zero-order chi connectivity index (χ0) is 22.2. The molecular weight excluding hydrogens is 406 g/mol. The molecular formula is C25H25N3O4. The molecule has 0 aliphatic carbocycles. The smallest absolute Gasteiger partial charge is 0.339 e. The minimum Gasteiger partial charge on any atom is -0.464 e. The van der Waals surface area contributed by atoms with Gasteiger partial charge in [-0.3, -0.25) is 9.97 Å². The molecule has 0 aliphatic heterocycles. The van der Waals surface area contributed by atoms with Crippen LogP contribution in [-0.2, 0) is 9.53 Å². The summed E-state index contributed by atoms with van der Waals surface area (Å²) < 4.78 is 4.80. The molecule has 2 unspecified atom stereocenters. The number of carbonyl (C=O) groups is 1. The zero-order valence-electron chi connectivity index (χ0n) is 16.8. The second-order valence-corrected chi connectivity index (χ2v) is 6.52. The van der Waals surface area contributed by atoms with Crippen molar-refractivity contribution < 1.29 is 19.7 Å². The van der Waals surface area contributed by atoms with E-state index in [1.807, 2.05) is 24.3 Å². The number of hydrogen-bond donors (Lipinski definition) is 2. The first-order chi connectivity index (χ1) is 15.1. The van der Waals surface area contributed by atoms with Crippen LogP contribution in [0.3, 0.4) is 0 Å². The van der Waals surface area contributed by atoms with Crippen molar-refractivity contribution in [1.82, 2.24) is 9.97 Å². The van der Waals surface area contributed by atoms with E-state index in [-0.39, 0.29) is 14.0 Å². The van der Waals surface area contributed by atoms with Gasteiger partial charge in [0, 0.05) is 34.3 Å². The van der Waals surface area contributed by atoms with E-state index in [1.165, 1.54) is 0 Å². The lowest BCUT2D eigenvalue weighted by molar-refractivity contribution is -0.153. The van der Waals surface area contributed by atoms with Crippen molar-refractivity contribution >= 4 is 27.8 Å². The van der Waals surface area contributed by atoms with Gasteiger partial charge in [-0.05, 0) is 31.2 Å². The van der Waals surface area contributed by atoms with Gasteiger partial charge in [-0.2, -0.15) is 5.26 Å². The van der Waals surface area contributed by atoms with Crippen LogP contribution in [0, 0.1) is 11.3 Å². The van der Waals surface area contributed by atoms with Crippen molar-refractivity contribution in [3.05, 3.63) is 84.2 Å². The van der Waals surface area contributed by atoms with Crippen molar-refractivity contribution in [2.45, 2.75) is 26.6 Å². The second kappa shape index (κ2) is 11.5. The highest BCUT2D eigenvalue weighted by Gasteiger charge is 2.20. The van der Waals surface area contributed by atoms with Crippen LogP contribution in [0.15, 0.2) is 73.1 Å². The molecule has 0 bridgehead atoms. The Hall–Kier alpha value is -3.86. The molecule has 4 aromatic rings. The van der Waals surface area contributed by atoms with Crippen LogP contribution < -0.4 is 0 Å². The Bertz CT molecular complexity index is 1230. The van der Waals surface area contributed by atoms with Crippen molar-refractivity contribution in [3.8, 4) is 6.07 Å². The molecule has 0 saturated heterocycles. The average Bonchev–Trinajstić information content (AvgIpc) is 2.83. The zero-order valence-corrected chi connectivity index (χ0v) is 16.8. The number of ether oxygens (including phenoxy) is 1. The molecule has 164 valence electrons. The molecule has 2 aromatic heterocycles. The van der Waals surface area contributed by atoms with E-state index in [0.29, 0.717) is 11.1 Å². The number of nitrogens with zero attached hydrogens (tertiary/aromatic N) is 3. The predicted molar refractivity (Wildman–Crippen MR) is 122 cm³/mol. The van der Waals surface area contributed by atoms with Gasteiger partial charge in [-0.15, -0.1) is 0 Å². The highest BCUT2D eigenvalue weighted by molar-refractivity contribution is 5.88. The molecule has 0 fully saturated rings. The Morgan fingerprint density at radius 2 is 1.47 bits per heavy atom. The molecule has 7 nitrogen and oxygen atoms in total. The van der Waals surface area contributed by atoms with Crippen molar-refractivity contribution in [3.63, 3.8) is 0 Å². The van der Waals surface area contributed by atoms with Gasteiger partial charge in [0.2, 0.25) is 0 Å². The van der Waals surface area contributed by atoms with Crippen molar-refractivity contribution in [2.75, 3.05) is 6.61 Å². The summed E-state index contributed by atoms with van der Waals surface area (Å²) in [6.07, 6.45) is 1.01. The summed E-state index contributed by atoms with van der Waals surface area (Å²) in [5.74, 6) is -0.635. The normalized spacial score (nSPS) is 11.9. The number of hydrogen-bond acceptors (Lipinski definition) is 7. The Morgan fingerprint density at radius 3 is 2.00 bits per heavy atom. The van der Waals surface area contributed by atoms with E-state index in [9.17, 15) is 15.0 Å². The summed E-state index contributed by atoms with van der Waals surface area (Å²) in [6.45, 7) is 1.95. The lowest BCUT2D eigenvalue weighted by atomic mass is 10.0. The van der Waals surface area contributed by atoms with Gasteiger partial charge in [0.05, 0.1) is 23.7 Å². The van der Waals surface area contributed by atoms with Gasteiger partial charge in [0.1, 0.15) is 0 Å². The van der Waals surface area contributed by atoms with E-state index in [4.69, 9.17) is 10.00 Å². The Morgan fingerprint density at radius 1 is 0.938 bits per heavy atom. The average molecular weight is 431 g/mol. The van der Waals surface area contributed by atoms with Crippen LogP contribution in [0.1, 0.15) is 37.7 Å². The molecule has 32 heavy (non-hydrogen) atoms.